The van der Waals surface area contributed by atoms with Gasteiger partial charge in [-0.1, -0.05) is 29.8 Å². The molecule has 0 saturated carbocycles. The van der Waals surface area contributed by atoms with Gasteiger partial charge in [-0.05, 0) is 68.4 Å². The summed E-state index contributed by atoms with van der Waals surface area (Å²) < 4.78 is 13.2. The fourth-order valence-electron chi connectivity index (χ4n) is 3.57. The van der Waals surface area contributed by atoms with Crippen LogP contribution in [0.1, 0.15) is 26.7 Å². The van der Waals surface area contributed by atoms with E-state index in [9.17, 15) is 9.90 Å². The van der Waals surface area contributed by atoms with E-state index in [1.54, 1.807) is 35.9 Å². The van der Waals surface area contributed by atoms with Crippen molar-refractivity contribution in [2.75, 3.05) is 26.8 Å². The molecule has 0 unspecified atom stereocenters. The lowest BCUT2D eigenvalue weighted by molar-refractivity contribution is -0.120. The van der Waals surface area contributed by atoms with Crippen LogP contribution in [0.25, 0.3) is 10.9 Å². The number of benzene rings is 2. The quantitative estimate of drug-likeness (QED) is 0.321. The number of amides is 1. The molecule has 3 rings (SSSR count). The van der Waals surface area contributed by atoms with Crippen molar-refractivity contribution in [1.29, 1.82) is 0 Å². The van der Waals surface area contributed by atoms with Crippen molar-refractivity contribution >= 4 is 38.4 Å². The topological polar surface area (TPSA) is 88.7 Å². The van der Waals surface area contributed by atoms with Crippen molar-refractivity contribution in [1.82, 2.24) is 9.47 Å². The van der Waals surface area contributed by atoms with Crippen molar-refractivity contribution in [3.05, 3.63) is 46.9 Å². The van der Waals surface area contributed by atoms with E-state index in [4.69, 9.17) is 9.47 Å². The summed E-state index contributed by atoms with van der Waals surface area (Å²) in [7, 11) is 1.58. The van der Waals surface area contributed by atoms with Gasteiger partial charge < -0.3 is 14.6 Å². The number of fused-ring (bicyclic) bond motifs is 1. The van der Waals surface area contributed by atoms with Crippen molar-refractivity contribution in [3.63, 3.8) is 0 Å². The van der Waals surface area contributed by atoms with Gasteiger partial charge in [0, 0.05) is 9.86 Å². The second-order valence-electron chi connectivity index (χ2n) is 7.58. The SMILES string of the molecule is CCCN(CCC)Cn1c(O)c(N=NC(=O)COc2ccc(OC)cc2)c2cc(Br)ccc21. The Balaban J connectivity index is 1.81. The highest BCUT2D eigenvalue weighted by molar-refractivity contribution is 9.10. The highest BCUT2D eigenvalue weighted by atomic mass is 79.9. The molecule has 1 aromatic heterocycles. The zero-order chi connectivity index (χ0) is 23.8. The molecule has 33 heavy (non-hydrogen) atoms. The van der Waals surface area contributed by atoms with E-state index < -0.39 is 5.91 Å². The van der Waals surface area contributed by atoms with Crippen LogP contribution in [0.3, 0.4) is 0 Å². The molecule has 0 fully saturated rings. The largest absolute Gasteiger partial charge is 0.497 e. The maximum Gasteiger partial charge on any atom is 0.302 e. The van der Waals surface area contributed by atoms with Gasteiger partial charge in [0.2, 0.25) is 5.88 Å². The minimum atomic E-state index is -0.556. The standard InChI is InChI=1S/C24H29BrN4O4/c1-4-12-28(13-5-2)16-29-21-11-6-17(25)14-20(21)23(24(29)31)27-26-22(30)15-33-19-9-7-18(32-3)8-10-19/h6-11,14,31H,4-5,12-13,15-16H2,1-3H3. The van der Waals surface area contributed by atoms with Crippen LogP contribution < -0.4 is 9.47 Å². The third-order valence-electron chi connectivity index (χ3n) is 5.08. The number of methoxy groups -OCH3 is 1. The number of rotatable bonds is 11. The van der Waals surface area contributed by atoms with Crippen LogP contribution in [0.5, 0.6) is 17.4 Å². The summed E-state index contributed by atoms with van der Waals surface area (Å²) in [4.78, 5) is 14.5. The van der Waals surface area contributed by atoms with Crippen LogP contribution in [-0.2, 0) is 11.5 Å². The Labute approximate surface area is 201 Å². The van der Waals surface area contributed by atoms with Crippen molar-refractivity contribution < 1.29 is 19.4 Å². The molecule has 0 bridgehead atoms. The fraction of sp³-hybridized carbons (Fsp3) is 0.375. The molecule has 0 spiro atoms. The lowest BCUT2D eigenvalue weighted by atomic mass is 10.2. The highest BCUT2D eigenvalue weighted by Gasteiger charge is 2.19. The Kier molecular flexibility index (Phi) is 8.85. The van der Waals surface area contributed by atoms with Gasteiger partial charge in [-0.3, -0.25) is 14.3 Å². The number of carbonyl (C=O) groups excluding carboxylic acids is 1. The highest BCUT2D eigenvalue weighted by Crippen LogP contribution is 2.40. The first-order chi connectivity index (χ1) is 16.0. The summed E-state index contributed by atoms with van der Waals surface area (Å²) in [6, 6.07) is 12.6. The van der Waals surface area contributed by atoms with Crippen molar-refractivity contribution in [2.24, 2.45) is 10.2 Å². The van der Waals surface area contributed by atoms with Gasteiger partial charge in [0.15, 0.2) is 12.3 Å². The maximum absolute atomic E-state index is 12.3. The van der Waals surface area contributed by atoms with Crippen molar-refractivity contribution in [3.8, 4) is 17.4 Å². The predicted molar refractivity (Wildman–Crippen MR) is 131 cm³/mol. The molecule has 3 aromatic rings. The molecule has 0 aliphatic heterocycles. The van der Waals surface area contributed by atoms with Gasteiger partial charge in [0.05, 0.1) is 19.3 Å². The van der Waals surface area contributed by atoms with E-state index in [-0.39, 0.29) is 18.2 Å². The van der Waals surface area contributed by atoms with Crippen molar-refractivity contribution in [2.45, 2.75) is 33.4 Å². The van der Waals surface area contributed by atoms with Gasteiger partial charge in [-0.25, -0.2) is 0 Å². The lowest BCUT2D eigenvalue weighted by Crippen LogP contribution is -2.27. The molecule has 0 aliphatic rings. The van der Waals surface area contributed by atoms with Crippen LogP contribution in [0.15, 0.2) is 57.2 Å². The van der Waals surface area contributed by atoms with Crippen LogP contribution in [-0.4, -0.2) is 47.3 Å². The average Bonchev–Trinajstić information content (AvgIpc) is 3.06. The number of ether oxygens (including phenoxy) is 2. The molecule has 0 saturated heterocycles. The Morgan fingerprint density at radius 2 is 1.76 bits per heavy atom. The first-order valence-electron chi connectivity index (χ1n) is 10.9. The zero-order valence-corrected chi connectivity index (χ0v) is 20.7. The predicted octanol–water partition coefficient (Wildman–Crippen LogP) is 5.89. The smallest absolute Gasteiger partial charge is 0.302 e. The number of azo groups is 1. The van der Waals surface area contributed by atoms with Gasteiger partial charge in [-0.15, -0.1) is 10.2 Å². The van der Waals surface area contributed by atoms with E-state index in [0.717, 1.165) is 35.9 Å². The van der Waals surface area contributed by atoms with Gasteiger partial charge >= 0.3 is 5.91 Å². The minimum Gasteiger partial charge on any atom is -0.497 e. The van der Waals surface area contributed by atoms with Crippen LogP contribution >= 0.6 is 15.9 Å². The number of aromatic nitrogens is 1. The molecule has 0 atom stereocenters. The number of aromatic hydroxyl groups is 1. The van der Waals surface area contributed by atoms with Gasteiger partial charge in [-0.2, -0.15) is 0 Å². The molecular weight excluding hydrogens is 488 g/mol. The molecular formula is C24H29BrN4O4. The van der Waals surface area contributed by atoms with E-state index in [2.05, 4.69) is 44.9 Å². The first kappa shape index (κ1) is 24.7. The van der Waals surface area contributed by atoms with E-state index >= 15 is 0 Å². The molecule has 1 N–H and O–H groups in total. The number of nitrogens with zero attached hydrogens (tertiary/aromatic N) is 4. The molecule has 0 radical (unpaired) electrons. The summed E-state index contributed by atoms with van der Waals surface area (Å²) in [5.41, 5.74) is 1.08. The maximum atomic E-state index is 12.3. The second kappa shape index (κ2) is 11.8. The third kappa shape index (κ3) is 6.33. The number of hydrogen-bond acceptors (Lipinski definition) is 6. The number of halogens is 1. The average molecular weight is 517 g/mol. The molecule has 8 nitrogen and oxygen atoms in total. The minimum absolute atomic E-state index is 0.0204. The van der Waals surface area contributed by atoms with Crippen LogP contribution in [0.4, 0.5) is 5.69 Å². The number of carbonyl (C=O) groups is 1. The van der Waals surface area contributed by atoms with E-state index in [0.29, 0.717) is 23.6 Å². The summed E-state index contributed by atoms with van der Waals surface area (Å²) >= 11 is 3.47. The molecule has 1 amide bonds. The molecule has 1 heterocycles. The monoisotopic (exact) mass is 516 g/mol. The fourth-order valence-corrected chi connectivity index (χ4v) is 3.94. The van der Waals surface area contributed by atoms with Crippen LogP contribution in [0.2, 0.25) is 0 Å². The molecule has 9 heteroatoms. The lowest BCUT2D eigenvalue weighted by Gasteiger charge is -2.22. The second-order valence-corrected chi connectivity index (χ2v) is 8.49. The van der Waals surface area contributed by atoms with E-state index in [1.165, 1.54) is 0 Å². The Hall–Kier alpha value is -2.91. The van der Waals surface area contributed by atoms with E-state index in [1.807, 2.05) is 18.2 Å². The Morgan fingerprint density at radius 3 is 2.39 bits per heavy atom. The molecule has 2 aromatic carbocycles. The Morgan fingerprint density at radius 1 is 1.09 bits per heavy atom. The summed E-state index contributed by atoms with van der Waals surface area (Å²) in [5.74, 6) is 0.644. The zero-order valence-electron chi connectivity index (χ0n) is 19.1. The normalized spacial score (nSPS) is 11.5. The summed E-state index contributed by atoms with van der Waals surface area (Å²) in [5, 5.41) is 19.6. The van der Waals surface area contributed by atoms with Gasteiger partial charge in [0.25, 0.3) is 0 Å². The molecule has 0 aliphatic carbocycles. The number of hydrogen-bond donors (Lipinski definition) is 1. The van der Waals surface area contributed by atoms with Gasteiger partial charge in [0.1, 0.15) is 11.5 Å². The summed E-state index contributed by atoms with van der Waals surface area (Å²) in [6.07, 6.45) is 2.03. The first-order valence-corrected chi connectivity index (χ1v) is 11.7. The third-order valence-corrected chi connectivity index (χ3v) is 5.57. The van der Waals surface area contributed by atoms with Crippen LogP contribution in [0, 0.1) is 0 Å². The molecule has 176 valence electrons. The Bertz CT molecular complexity index is 1110. The summed E-state index contributed by atoms with van der Waals surface area (Å²) in [6.45, 7) is 6.36.